The van der Waals surface area contributed by atoms with Crippen LogP contribution in [0.15, 0.2) is 18.2 Å². The highest BCUT2D eigenvalue weighted by Crippen LogP contribution is 2.26. The van der Waals surface area contributed by atoms with E-state index in [-0.39, 0.29) is 5.91 Å². The van der Waals surface area contributed by atoms with E-state index in [1.54, 1.807) is 0 Å². The van der Waals surface area contributed by atoms with E-state index in [9.17, 15) is 4.79 Å². The Labute approximate surface area is 126 Å². The molecule has 110 valence electrons. The second-order valence-corrected chi connectivity index (χ2v) is 6.86. The first kappa shape index (κ1) is 15.2. The molecule has 1 fully saturated rings. The summed E-state index contributed by atoms with van der Waals surface area (Å²) in [6.45, 7) is 10.2. The topological polar surface area (TPSA) is 32.3 Å². The monoisotopic (exact) mass is 292 g/mol. The summed E-state index contributed by atoms with van der Waals surface area (Å²) >= 11 is 1.95. The highest BCUT2D eigenvalue weighted by molar-refractivity contribution is 8.00. The number of nitrogens with zero attached hydrogens (tertiary/aromatic N) is 1. The van der Waals surface area contributed by atoms with Crippen LogP contribution in [0.3, 0.4) is 0 Å². The molecule has 1 aromatic carbocycles. The van der Waals surface area contributed by atoms with E-state index >= 15 is 0 Å². The number of rotatable bonds is 3. The molecule has 1 amide bonds. The predicted molar refractivity (Wildman–Crippen MR) is 87.8 cm³/mol. The van der Waals surface area contributed by atoms with Crippen molar-refractivity contribution in [3.8, 4) is 0 Å². The normalized spacial score (nSPS) is 22.7. The first-order chi connectivity index (χ1) is 9.54. The lowest BCUT2D eigenvalue weighted by Gasteiger charge is -2.37. The van der Waals surface area contributed by atoms with E-state index in [0.717, 1.165) is 35.7 Å². The van der Waals surface area contributed by atoms with Gasteiger partial charge in [0.05, 0.1) is 0 Å². The van der Waals surface area contributed by atoms with Crippen LogP contribution in [0.1, 0.15) is 36.7 Å². The number of thioether (sulfide) groups is 1. The van der Waals surface area contributed by atoms with Crippen molar-refractivity contribution >= 4 is 23.4 Å². The SMILES string of the molecule is CCNc1ccc(C(=O)N2CCSC(C)C2C)cc1C. The third-order valence-electron chi connectivity index (χ3n) is 3.99. The molecule has 1 aromatic rings. The number of aryl methyl sites for hydroxylation is 1. The molecule has 0 saturated carbocycles. The molecule has 2 unspecified atom stereocenters. The Morgan fingerprint density at radius 2 is 2.20 bits per heavy atom. The van der Waals surface area contributed by atoms with Crippen molar-refractivity contribution in [3.63, 3.8) is 0 Å². The van der Waals surface area contributed by atoms with Crippen LogP contribution in [0, 0.1) is 6.92 Å². The van der Waals surface area contributed by atoms with Crippen molar-refractivity contribution in [3.05, 3.63) is 29.3 Å². The molecule has 3 nitrogen and oxygen atoms in total. The summed E-state index contributed by atoms with van der Waals surface area (Å²) in [5.41, 5.74) is 3.04. The van der Waals surface area contributed by atoms with Crippen molar-refractivity contribution in [1.29, 1.82) is 0 Å². The minimum Gasteiger partial charge on any atom is -0.385 e. The molecule has 0 radical (unpaired) electrons. The van der Waals surface area contributed by atoms with Gasteiger partial charge in [-0.15, -0.1) is 0 Å². The minimum absolute atomic E-state index is 0.163. The second-order valence-electron chi connectivity index (χ2n) is 5.38. The van der Waals surface area contributed by atoms with E-state index in [1.165, 1.54) is 0 Å². The van der Waals surface area contributed by atoms with Gasteiger partial charge >= 0.3 is 0 Å². The van der Waals surface area contributed by atoms with Gasteiger partial charge in [0, 0.05) is 41.4 Å². The molecule has 0 aromatic heterocycles. The predicted octanol–water partition coefficient (Wildman–Crippen LogP) is 3.39. The second kappa shape index (κ2) is 6.53. The Balaban J connectivity index is 2.18. The average Bonchev–Trinajstić information content (AvgIpc) is 2.43. The maximum Gasteiger partial charge on any atom is 0.254 e. The molecule has 1 saturated heterocycles. The maximum atomic E-state index is 12.7. The smallest absolute Gasteiger partial charge is 0.254 e. The highest BCUT2D eigenvalue weighted by atomic mass is 32.2. The molecule has 1 N–H and O–H groups in total. The Morgan fingerprint density at radius 3 is 2.85 bits per heavy atom. The number of hydrogen-bond donors (Lipinski definition) is 1. The first-order valence-electron chi connectivity index (χ1n) is 7.31. The summed E-state index contributed by atoms with van der Waals surface area (Å²) in [6.07, 6.45) is 0. The Bertz CT molecular complexity index is 489. The van der Waals surface area contributed by atoms with Crippen molar-refractivity contribution in [2.75, 3.05) is 24.2 Å². The summed E-state index contributed by atoms with van der Waals surface area (Å²) in [7, 11) is 0. The fraction of sp³-hybridized carbons (Fsp3) is 0.562. The standard InChI is InChI=1S/C16H24N2OS/c1-5-17-15-7-6-14(10-11(15)2)16(19)18-8-9-20-13(4)12(18)3/h6-7,10,12-13,17H,5,8-9H2,1-4H3. The molecule has 1 heterocycles. The van der Waals surface area contributed by atoms with Crippen LogP contribution in [0.4, 0.5) is 5.69 Å². The summed E-state index contributed by atoms with van der Waals surface area (Å²) in [5.74, 6) is 1.20. The van der Waals surface area contributed by atoms with E-state index < -0.39 is 0 Å². The third kappa shape index (κ3) is 3.11. The summed E-state index contributed by atoms with van der Waals surface area (Å²) in [5, 5.41) is 3.82. The van der Waals surface area contributed by atoms with Gasteiger partial charge < -0.3 is 10.2 Å². The lowest BCUT2D eigenvalue weighted by Crippen LogP contribution is -2.47. The fourth-order valence-electron chi connectivity index (χ4n) is 2.57. The molecule has 20 heavy (non-hydrogen) atoms. The number of amides is 1. The number of benzene rings is 1. The Kier molecular flexibility index (Phi) is 4.97. The minimum atomic E-state index is 0.163. The summed E-state index contributed by atoms with van der Waals surface area (Å²) in [6, 6.07) is 6.25. The molecule has 1 aliphatic heterocycles. The van der Waals surface area contributed by atoms with Crippen LogP contribution >= 0.6 is 11.8 Å². The third-order valence-corrected chi connectivity index (χ3v) is 5.32. The zero-order chi connectivity index (χ0) is 14.7. The largest absolute Gasteiger partial charge is 0.385 e. The molecule has 0 spiro atoms. The molecular formula is C16H24N2OS. The quantitative estimate of drug-likeness (QED) is 0.927. The summed E-state index contributed by atoms with van der Waals surface area (Å²) in [4.78, 5) is 14.7. The van der Waals surface area contributed by atoms with Gasteiger partial charge in [0.25, 0.3) is 5.91 Å². The van der Waals surface area contributed by atoms with E-state index in [0.29, 0.717) is 11.3 Å². The molecule has 0 aliphatic carbocycles. The van der Waals surface area contributed by atoms with Crippen LogP contribution in [0.25, 0.3) is 0 Å². The van der Waals surface area contributed by atoms with Crippen LogP contribution in [-0.2, 0) is 0 Å². The Hall–Kier alpha value is -1.16. The molecule has 1 aliphatic rings. The van der Waals surface area contributed by atoms with Crippen LogP contribution in [0.2, 0.25) is 0 Å². The molecule has 2 atom stereocenters. The van der Waals surface area contributed by atoms with Crippen molar-refractivity contribution in [2.24, 2.45) is 0 Å². The number of nitrogens with one attached hydrogen (secondary N) is 1. The van der Waals surface area contributed by atoms with E-state index in [1.807, 2.05) is 41.8 Å². The van der Waals surface area contributed by atoms with Gasteiger partial charge in [-0.05, 0) is 44.5 Å². The van der Waals surface area contributed by atoms with Gasteiger partial charge in [-0.25, -0.2) is 0 Å². The molecule has 4 heteroatoms. The van der Waals surface area contributed by atoms with Crippen LogP contribution < -0.4 is 5.32 Å². The lowest BCUT2D eigenvalue weighted by atomic mass is 10.1. The van der Waals surface area contributed by atoms with Gasteiger partial charge in [0.15, 0.2) is 0 Å². The first-order valence-corrected chi connectivity index (χ1v) is 8.36. The van der Waals surface area contributed by atoms with Gasteiger partial charge in [-0.2, -0.15) is 11.8 Å². The fourth-order valence-corrected chi connectivity index (χ4v) is 3.67. The number of anilines is 1. The van der Waals surface area contributed by atoms with Crippen LogP contribution in [-0.4, -0.2) is 40.9 Å². The maximum absolute atomic E-state index is 12.7. The van der Waals surface area contributed by atoms with Gasteiger partial charge in [-0.1, -0.05) is 6.92 Å². The van der Waals surface area contributed by atoms with E-state index in [4.69, 9.17) is 0 Å². The van der Waals surface area contributed by atoms with Gasteiger partial charge in [0.2, 0.25) is 0 Å². The van der Waals surface area contributed by atoms with Crippen molar-refractivity contribution in [2.45, 2.75) is 39.0 Å². The van der Waals surface area contributed by atoms with Crippen molar-refractivity contribution < 1.29 is 4.79 Å². The molecule has 0 bridgehead atoms. The zero-order valence-corrected chi connectivity index (χ0v) is 13.6. The molecular weight excluding hydrogens is 268 g/mol. The van der Waals surface area contributed by atoms with Gasteiger partial charge in [0.1, 0.15) is 0 Å². The lowest BCUT2D eigenvalue weighted by molar-refractivity contribution is 0.0698. The van der Waals surface area contributed by atoms with E-state index in [2.05, 4.69) is 26.1 Å². The number of hydrogen-bond acceptors (Lipinski definition) is 3. The highest BCUT2D eigenvalue weighted by Gasteiger charge is 2.29. The number of carbonyl (C=O) groups is 1. The van der Waals surface area contributed by atoms with Gasteiger partial charge in [-0.3, -0.25) is 4.79 Å². The summed E-state index contributed by atoms with van der Waals surface area (Å²) < 4.78 is 0. The Morgan fingerprint density at radius 1 is 1.45 bits per heavy atom. The van der Waals surface area contributed by atoms with Crippen molar-refractivity contribution in [1.82, 2.24) is 4.90 Å². The molecule has 2 rings (SSSR count). The average molecular weight is 292 g/mol. The van der Waals surface area contributed by atoms with Crippen LogP contribution in [0.5, 0.6) is 0 Å². The zero-order valence-electron chi connectivity index (χ0n) is 12.8. The number of carbonyl (C=O) groups excluding carboxylic acids is 1.